The molecule has 24 heavy (non-hydrogen) atoms. The second-order valence-electron chi connectivity index (χ2n) is 8.22. The summed E-state index contributed by atoms with van der Waals surface area (Å²) in [5.41, 5.74) is 2.71. The number of hydroxylamine groups is 3. The fourth-order valence-electron chi connectivity index (χ4n) is 6.65. The zero-order valence-corrected chi connectivity index (χ0v) is 13.6. The van der Waals surface area contributed by atoms with Gasteiger partial charge >= 0.3 is 0 Å². The second-order valence-corrected chi connectivity index (χ2v) is 8.22. The van der Waals surface area contributed by atoms with E-state index in [1.54, 1.807) is 6.07 Å². The van der Waals surface area contributed by atoms with Crippen molar-refractivity contribution in [3.63, 3.8) is 0 Å². The first-order valence-electron chi connectivity index (χ1n) is 8.95. The molecular weight excluding hydrogens is 306 g/mol. The van der Waals surface area contributed by atoms with Crippen LogP contribution in [0.4, 0.5) is 0 Å². The van der Waals surface area contributed by atoms with E-state index in [0.29, 0.717) is 18.9 Å². The molecule has 2 N–H and O–H groups in total. The van der Waals surface area contributed by atoms with E-state index >= 15 is 0 Å². The smallest absolute Gasteiger partial charge is 0.166 e. The van der Waals surface area contributed by atoms with E-state index in [-0.39, 0.29) is 28.0 Å². The van der Waals surface area contributed by atoms with Crippen LogP contribution in [0.5, 0.6) is 11.5 Å². The summed E-state index contributed by atoms with van der Waals surface area (Å²) >= 11 is 0. The van der Waals surface area contributed by atoms with E-state index in [4.69, 9.17) is 9.47 Å². The molecule has 0 aromatic heterocycles. The van der Waals surface area contributed by atoms with Crippen molar-refractivity contribution >= 4 is 0 Å². The Morgan fingerprint density at radius 3 is 3.00 bits per heavy atom. The molecule has 0 radical (unpaired) electrons. The van der Waals surface area contributed by atoms with E-state index in [9.17, 15) is 10.3 Å². The minimum atomic E-state index is -0.407. The van der Waals surface area contributed by atoms with Crippen molar-refractivity contribution in [1.82, 2.24) is 0 Å². The number of nitrogens with zero attached hydrogens (tertiary/aromatic N) is 1. The van der Waals surface area contributed by atoms with Gasteiger partial charge in [-0.15, -0.1) is 0 Å². The van der Waals surface area contributed by atoms with Crippen LogP contribution in [0.1, 0.15) is 30.4 Å². The molecule has 1 saturated carbocycles. The summed E-state index contributed by atoms with van der Waals surface area (Å²) in [6, 6.07) is 3.78. The monoisotopic (exact) mass is 328 g/mol. The Morgan fingerprint density at radius 1 is 1.25 bits per heavy atom. The SMILES string of the molecule is C=C1CC[C@]23OCC[N+]4(O)CC[C@@]25c2c(ccc(O)c2O[C@@H]15)C[C@H]34. The molecule has 2 aliphatic carbocycles. The molecule has 3 heterocycles. The van der Waals surface area contributed by atoms with Crippen molar-refractivity contribution in [2.75, 3.05) is 19.7 Å². The molecule has 1 unspecified atom stereocenters. The number of aromatic hydroxyl groups is 1. The highest BCUT2D eigenvalue weighted by atomic mass is 16.6. The van der Waals surface area contributed by atoms with Crippen LogP contribution >= 0.6 is 0 Å². The summed E-state index contributed by atoms with van der Waals surface area (Å²) < 4.78 is 13.0. The van der Waals surface area contributed by atoms with Gasteiger partial charge < -0.3 is 14.6 Å². The van der Waals surface area contributed by atoms with Gasteiger partial charge in [0.25, 0.3) is 0 Å². The highest BCUT2D eigenvalue weighted by Gasteiger charge is 2.78. The van der Waals surface area contributed by atoms with E-state index in [1.807, 2.05) is 6.07 Å². The molecule has 3 aliphatic heterocycles. The number of morpholine rings is 1. The number of ether oxygens (including phenoxy) is 2. The lowest BCUT2D eigenvalue weighted by Gasteiger charge is -2.66. The van der Waals surface area contributed by atoms with E-state index in [0.717, 1.165) is 43.4 Å². The first kappa shape index (κ1) is 13.7. The number of piperidine rings is 1. The normalized spacial score (nSPS) is 47.1. The van der Waals surface area contributed by atoms with Crippen molar-refractivity contribution in [2.45, 2.75) is 48.8 Å². The molecular formula is C19H22NO4+. The topological polar surface area (TPSA) is 58.9 Å². The molecule has 5 atom stereocenters. The summed E-state index contributed by atoms with van der Waals surface area (Å²) in [6.07, 6.45) is 3.18. The zero-order chi connectivity index (χ0) is 16.3. The van der Waals surface area contributed by atoms with Crippen LogP contribution in [0.3, 0.4) is 0 Å². The van der Waals surface area contributed by atoms with Crippen LogP contribution in [0.15, 0.2) is 24.3 Å². The molecule has 5 aliphatic rings. The van der Waals surface area contributed by atoms with Crippen molar-refractivity contribution in [3.05, 3.63) is 35.4 Å². The van der Waals surface area contributed by atoms with E-state index < -0.39 is 5.60 Å². The van der Waals surface area contributed by atoms with Crippen LogP contribution in [-0.2, 0) is 16.6 Å². The molecule has 4 bridgehead atoms. The highest BCUT2D eigenvalue weighted by Crippen LogP contribution is 2.68. The first-order chi connectivity index (χ1) is 11.5. The standard InChI is InChI=1S/C19H21NO4/c1-11-4-5-19-14-10-12-2-3-13(21)16-15(12)18(19,17(11)24-16)6-7-20(14,22)8-9-23-19/h2-3,14,17,22H,1,4-10H2/p+1/t14-,17+,18+,19-,20?/m1/s1. The quantitative estimate of drug-likeness (QED) is 0.565. The van der Waals surface area contributed by atoms with Gasteiger partial charge in [-0.25, -0.2) is 5.21 Å². The average molecular weight is 328 g/mol. The Balaban J connectivity index is 1.73. The molecule has 5 heteroatoms. The maximum absolute atomic E-state index is 11.3. The van der Waals surface area contributed by atoms with Crippen LogP contribution < -0.4 is 4.74 Å². The third-order valence-electron chi connectivity index (χ3n) is 7.56. The predicted molar refractivity (Wildman–Crippen MR) is 85.1 cm³/mol. The Kier molecular flexibility index (Phi) is 2.18. The second kappa shape index (κ2) is 3.82. The van der Waals surface area contributed by atoms with Gasteiger partial charge in [0.2, 0.25) is 0 Å². The average Bonchev–Trinajstić information content (AvgIpc) is 2.92. The van der Waals surface area contributed by atoms with Crippen LogP contribution in [0.2, 0.25) is 0 Å². The maximum Gasteiger partial charge on any atom is 0.166 e. The largest absolute Gasteiger partial charge is 0.504 e. The molecule has 6 rings (SSSR count). The number of phenolic OH excluding ortho intramolecular Hbond substituents is 1. The maximum atomic E-state index is 11.3. The summed E-state index contributed by atoms with van der Waals surface area (Å²) in [5.74, 6) is 0.843. The molecule has 1 aromatic carbocycles. The Labute approximate surface area is 140 Å². The number of benzene rings is 1. The summed E-state index contributed by atoms with van der Waals surface area (Å²) in [7, 11) is 0. The summed E-state index contributed by atoms with van der Waals surface area (Å²) in [6.45, 7) is 6.25. The van der Waals surface area contributed by atoms with Gasteiger partial charge in [0.15, 0.2) is 17.5 Å². The lowest BCUT2D eigenvalue weighted by Crippen LogP contribution is -2.83. The van der Waals surface area contributed by atoms with Gasteiger partial charge in [-0.1, -0.05) is 12.6 Å². The van der Waals surface area contributed by atoms with Crippen molar-refractivity contribution in [1.29, 1.82) is 0 Å². The molecule has 5 nitrogen and oxygen atoms in total. The number of rotatable bonds is 0. The highest BCUT2D eigenvalue weighted by molar-refractivity contribution is 5.63. The van der Waals surface area contributed by atoms with Crippen molar-refractivity contribution in [2.24, 2.45) is 0 Å². The zero-order valence-electron chi connectivity index (χ0n) is 13.6. The third-order valence-corrected chi connectivity index (χ3v) is 7.56. The Hall–Kier alpha value is -1.56. The van der Waals surface area contributed by atoms with Crippen LogP contribution in [-0.4, -0.2) is 52.4 Å². The van der Waals surface area contributed by atoms with Gasteiger partial charge in [0.05, 0.1) is 12.0 Å². The molecule has 1 aromatic rings. The first-order valence-corrected chi connectivity index (χ1v) is 8.95. The fraction of sp³-hybridized carbons (Fsp3) is 0.579. The molecule has 126 valence electrons. The fourth-order valence-corrected chi connectivity index (χ4v) is 6.65. The molecule has 3 fully saturated rings. The van der Waals surface area contributed by atoms with Gasteiger partial charge in [-0.2, -0.15) is 4.65 Å². The Bertz CT molecular complexity index is 807. The number of quaternary nitrogens is 1. The van der Waals surface area contributed by atoms with Gasteiger partial charge in [0, 0.05) is 18.4 Å². The van der Waals surface area contributed by atoms with E-state index in [1.165, 1.54) is 5.56 Å². The predicted octanol–water partition coefficient (Wildman–Crippen LogP) is 2.04. The number of hydrogen-bond acceptors (Lipinski definition) is 4. The Morgan fingerprint density at radius 2 is 2.12 bits per heavy atom. The summed E-state index contributed by atoms with van der Waals surface area (Å²) in [4.78, 5) is 0. The molecule has 2 spiro atoms. The van der Waals surface area contributed by atoms with Crippen LogP contribution in [0.25, 0.3) is 0 Å². The van der Waals surface area contributed by atoms with E-state index in [2.05, 4.69) is 6.58 Å². The number of phenols is 1. The number of hydrogen-bond donors (Lipinski definition) is 2. The van der Waals surface area contributed by atoms with Gasteiger partial charge in [0.1, 0.15) is 24.8 Å². The molecule has 2 saturated heterocycles. The summed E-state index contributed by atoms with van der Waals surface area (Å²) in [5, 5.41) is 21.8. The lowest BCUT2D eigenvalue weighted by atomic mass is 9.48. The van der Waals surface area contributed by atoms with Crippen molar-refractivity contribution < 1.29 is 24.4 Å². The van der Waals surface area contributed by atoms with Crippen molar-refractivity contribution in [3.8, 4) is 11.5 Å². The van der Waals surface area contributed by atoms with Gasteiger partial charge in [-0.3, -0.25) is 0 Å². The molecule has 0 amide bonds. The minimum Gasteiger partial charge on any atom is -0.504 e. The lowest BCUT2D eigenvalue weighted by molar-refractivity contribution is -1.13. The van der Waals surface area contributed by atoms with Gasteiger partial charge in [-0.05, 0) is 30.0 Å². The van der Waals surface area contributed by atoms with Crippen LogP contribution in [0, 0.1) is 0 Å². The third kappa shape index (κ3) is 1.16. The minimum absolute atomic E-state index is 0.0437.